The molecule has 0 saturated carbocycles. The van der Waals surface area contributed by atoms with Gasteiger partial charge in [-0.3, -0.25) is 0 Å². The van der Waals surface area contributed by atoms with Crippen molar-refractivity contribution in [2.24, 2.45) is 5.73 Å². The van der Waals surface area contributed by atoms with Crippen LogP contribution in [0.4, 0.5) is 4.39 Å². The number of halogens is 1. The standard InChI is InChI=1S/C17H18FN/c18-15-9-7-13(8-10-15)12-17(19)11-3-5-14-4-1-2-6-16(14)17/h1-2,4,6-10H,3,5,11-12,19H2. The number of fused-ring (bicyclic) bond motifs is 1. The Morgan fingerprint density at radius 2 is 1.79 bits per heavy atom. The topological polar surface area (TPSA) is 26.0 Å². The third-order valence-electron chi connectivity index (χ3n) is 4.06. The Labute approximate surface area is 113 Å². The third kappa shape index (κ3) is 2.41. The molecule has 1 aliphatic rings. The average Bonchev–Trinajstić information content (AvgIpc) is 2.42. The third-order valence-corrected chi connectivity index (χ3v) is 4.06. The van der Waals surface area contributed by atoms with E-state index in [4.69, 9.17) is 5.73 Å². The Bertz CT molecular complexity index is 576. The zero-order chi connectivity index (χ0) is 13.3. The molecule has 0 fully saturated rings. The van der Waals surface area contributed by atoms with E-state index < -0.39 is 0 Å². The highest BCUT2D eigenvalue weighted by molar-refractivity contribution is 5.37. The monoisotopic (exact) mass is 255 g/mol. The van der Waals surface area contributed by atoms with Gasteiger partial charge in [0.15, 0.2) is 0 Å². The van der Waals surface area contributed by atoms with E-state index in [0.29, 0.717) is 0 Å². The van der Waals surface area contributed by atoms with Crippen LogP contribution >= 0.6 is 0 Å². The summed E-state index contributed by atoms with van der Waals surface area (Å²) < 4.78 is 13.0. The minimum atomic E-state index is -0.313. The van der Waals surface area contributed by atoms with Gasteiger partial charge in [-0.25, -0.2) is 4.39 Å². The summed E-state index contributed by atoms with van der Waals surface area (Å²) in [6, 6.07) is 15.1. The Morgan fingerprint density at radius 1 is 1.05 bits per heavy atom. The molecule has 1 atom stereocenters. The van der Waals surface area contributed by atoms with E-state index in [9.17, 15) is 4.39 Å². The van der Waals surface area contributed by atoms with Crippen molar-refractivity contribution in [1.82, 2.24) is 0 Å². The van der Waals surface area contributed by atoms with Gasteiger partial charge in [-0.05, 0) is 54.5 Å². The molecule has 2 aromatic carbocycles. The van der Waals surface area contributed by atoms with Crippen molar-refractivity contribution < 1.29 is 4.39 Å². The minimum Gasteiger partial charge on any atom is -0.321 e. The first-order chi connectivity index (χ1) is 9.17. The van der Waals surface area contributed by atoms with Crippen molar-refractivity contribution in [2.45, 2.75) is 31.2 Å². The van der Waals surface area contributed by atoms with Crippen molar-refractivity contribution in [3.8, 4) is 0 Å². The molecule has 0 aromatic heterocycles. The lowest BCUT2D eigenvalue weighted by molar-refractivity contribution is 0.369. The Morgan fingerprint density at radius 3 is 2.58 bits per heavy atom. The van der Waals surface area contributed by atoms with E-state index in [1.54, 1.807) is 0 Å². The van der Waals surface area contributed by atoms with Gasteiger partial charge in [0, 0.05) is 5.54 Å². The summed E-state index contributed by atoms with van der Waals surface area (Å²) in [6.07, 6.45) is 3.99. The zero-order valence-electron chi connectivity index (χ0n) is 10.9. The Hall–Kier alpha value is -1.67. The van der Waals surface area contributed by atoms with Gasteiger partial charge in [-0.1, -0.05) is 36.4 Å². The number of hydrogen-bond donors (Lipinski definition) is 1. The van der Waals surface area contributed by atoms with Gasteiger partial charge in [-0.2, -0.15) is 0 Å². The van der Waals surface area contributed by atoms with Crippen molar-refractivity contribution in [1.29, 1.82) is 0 Å². The van der Waals surface area contributed by atoms with Gasteiger partial charge in [-0.15, -0.1) is 0 Å². The second kappa shape index (κ2) is 4.78. The molecule has 0 aliphatic heterocycles. The number of benzene rings is 2. The van der Waals surface area contributed by atoms with Crippen molar-refractivity contribution in [3.05, 3.63) is 71.0 Å². The number of rotatable bonds is 2. The first kappa shape index (κ1) is 12.4. The normalized spacial score (nSPS) is 22.0. The Balaban J connectivity index is 1.93. The summed E-state index contributed by atoms with van der Waals surface area (Å²) >= 11 is 0. The highest BCUT2D eigenvalue weighted by atomic mass is 19.1. The summed E-state index contributed by atoms with van der Waals surface area (Å²) in [5.41, 5.74) is 10.0. The van der Waals surface area contributed by atoms with Crippen LogP contribution in [0.5, 0.6) is 0 Å². The van der Waals surface area contributed by atoms with Gasteiger partial charge >= 0.3 is 0 Å². The average molecular weight is 255 g/mol. The predicted octanol–water partition coefficient (Wildman–Crippen LogP) is 3.56. The van der Waals surface area contributed by atoms with Gasteiger partial charge < -0.3 is 5.73 Å². The van der Waals surface area contributed by atoms with Crippen LogP contribution in [-0.2, 0) is 18.4 Å². The molecule has 0 bridgehead atoms. The largest absolute Gasteiger partial charge is 0.321 e. The fraction of sp³-hybridized carbons (Fsp3) is 0.294. The second-order valence-corrected chi connectivity index (χ2v) is 5.47. The molecule has 1 unspecified atom stereocenters. The molecule has 0 spiro atoms. The van der Waals surface area contributed by atoms with E-state index in [1.165, 1.54) is 23.3 Å². The van der Waals surface area contributed by atoms with Gasteiger partial charge in [0.1, 0.15) is 5.82 Å². The van der Waals surface area contributed by atoms with Crippen LogP contribution in [0.1, 0.15) is 29.5 Å². The molecule has 2 heteroatoms. The fourth-order valence-electron chi connectivity index (χ4n) is 3.10. The molecular formula is C17H18FN. The lowest BCUT2D eigenvalue weighted by Gasteiger charge is -2.36. The van der Waals surface area contributed by atoms with Crippen LogP contribution in [0, 0.1) is 5.82 Å². The van der Waals surface area contributed by atoms with Crippen molar-refractivity contribution in [3.63, 3.8) is 0 Å². The molecule has 3 rings (SSSR count). The number of aryl methyl sites for hydroxylation is 1. The SMILES string of the molecule is NC1(Cc2ccc(F)cc2)CCCc2ccccc21. The molecule has 0 saturated heterocycles. The maximum Gasteiger partial charge on any atom is 0.123 e. The van der Waals surface area contributed by atoms with Crippen LogP contribution in [0.25, 0.3) is 0 Å². The molecule has 0 radical (unpaired) electrons. The predicted molar refractivity (Wildman–Crippen MR) is 75.3 cm³/mol. The molecular weight excluding hydrogens is 237 g/mol. The zero-order valence-corrected chi connectivity index (χ0v) is 10.9. The van der Waals surface area contributed by atoms with Gasteiger partial charge in [0.25, 0.3) is 0 Å². The second-order valence-electron chi connectivity index (χ2n) is 5.47. The summed E-state index contributed by atoms with van der Waals surface area (Å²) in [7, 11) is 0. The lowest BCUT2D eigenvalue weighted by atomic mass is 9.74. The van der Waals surface area contributed by atoms with Gasteiger partial charge in [0.05, 0.1) is 0 Å². The first-order valence-electron chi connectivity index (χ1n) is 6.79. The number of nitrogens with two attached hydrogens (primary N) is 1. The van der Waals surface area contributed by atoms with E-state index in [-0.39, 0.29) is 11.4 Å². The summed E-state index contributed by atoms with van der Waals surface area (Å²) in [4.78, 5) is 0. The van der Waals surface area contributed by atoms with Crippen LogP contribution in [0.15, 0.2) is 48.5 Å². The fourth-order valence-corrected chi connectivity index (χ4v) is 3.10. The number of hydrogen-bond acceptors (Lipinski definition) is 1. The maximum atomic E-state index is 13.0. The molecule has 2 N–H and O–H groups in total. The van der Waals surface area contributed by atoms with E-state index in [1.807, 2.05) is 12.1 Å². The molecule has 1 aliphatic carbocycles. The van der Waals surface area contributed by atoms with Crippen molar-refractivity contribution in [2.75, 3.05) is 0 Å². The lowest BCUT2D eigenvalue weighted by Crippen LogP contribution is -2.42. The molecule has 2 aromatic rings. The van der Waals surface area contributed by atoms with Crippen LogP contribution in [-0.4, -0.2) is 0 Å². The maximum absolute atomic E-state index is 13.0. The summed E-state index contributed by atoms with van der Waals surface area (Å²) in [5, 5.41) is 0. The van der Waals surface area contributed by atoms with Crippen LogP contribution in [0.2, 0.25) is 0 Å². The molecule has 19 heavy (non-hydrogen) atoms. The van der Waals surface area contributed by atoms with Gasteiger partial charge in [0.2, 0.25) is 0 Å². The minimum absolute atomic E-state index is 0.195. The first-order valence-corrected chi connectivity index (χ1v) is 6.79. The smallest absolute Gasteiger partial charge is 0.123 e. The molecule has 0 amide bonds. The van der Waals surface area contributed by atoms with E-state index in [0.717, 1.165) is 31.2 Å². The quantitative estimate of drug-likeness (QED) is 0.872. The van der Waals surface area contributed by atoms with E-state index >= 15 is 0 Å². The highest BCUT2D eigenvalue weighted by Crippen LogP contribution is 2.35. The summed E-state index contributed by atoms with van der Waals surface area (Å²) in [5.74, 6) is -0.195. The van der Waals surface area contributed by atoms with Crippen LogP contribution in [0.3, 0.4) is 0 Å². The van der Waals surface area contributed by atoms with Crippen molar-refractivity contribution >= 4 is 0 Å². The molecule has 0 heterocycles. The Kier molecular flexibility index (Phi) is 3.11. The van der Waals surface area contributed by atoms with E-state index in [2.05, 4.69) is 24.3 Å². The highest BCUT2D eigenvalue weighted by Gasteiger charge is 2.32. The molecule has 1 nitrogen and oxygen atoms in total. The van der Waals surface area contributed by atoms with Crippen LogP contribution < -0.4 is 5.73 Å². The summed E-state index contributed by atoms with van der Waals surface area (Å²) in [6.45, 7) is 0. The molecule has 98 valence electrons.